The van der Waals surface area contributed by atoms with Crippen LogP contribution in [0, 0.1) is 11.7 Å². The molecule has 0 spiro atoms. The summed E-state index contributed by atoms with van der Waals surface area (Å²) in [6, 6.07) is 5.10. The van der Waals surface area contributed by atoms with Crippen molar-refractivity contribution in [2.24, 2.45) is 5.92 Å². The van der Waals surface area contributed by atoms with E-state index in [1.807, 2.05) is 0 Å². The molecule has 1 atom stereocenters. The fourth-order valence-corrected chi connectivity index (χ4v) is 3.02. The second kappa shape index (κ2) is 5.96. The summed E-state index contributed by atoms with van der Waals surface area (Å²) in [6.07, 6.45) is 6.16. The second-order valence-electron chi connectivity index (χ2n) is 4.90. The zero-order valence-corrected chi connectivity index (χ0v) is 11.4. The largest absolute Gasteiger partial charge is 0.388 e. The lowest BCUT2D eigenvalue weighted by Crippen LogP contribution is -2.12. The molecular weight excluding hydrogens is 283 g/mol. The molecule has 94 valence electrons. The van der Waals surface area contributed by atoms with E-state index in [0.717, 1.165) is 0 Å². The van der Waals surface area contributed by atoms with Crippen molar-refractivity contribution in [1.29, 1.82) is 0 Å². The summed E-state index contributed by atoms with van der Waals surface area (Å²) < 4.78 is 14.2. The third kappa shape index (κ3) is 3.29. The molecule has 1 unspecified atom stereocenters. The van der Waals surface area contributed by atoms with E-state index in [9.17, 15) is 9.50 Å². The van der Waals surface area contributed by atoms with Crippen molar-refractivity contribution in [3.05, 3.63) is 34.1 Å². The van der Waals surface area contributed by atoms with Crippen LogP contribution in [0.5, 0.6) is 0 Å². The van der Waals surface area contributed by atoms with Crippen LogP contribution in [0.25, 0.3) is 0 Å². The van der Waals surface area contributed by atoms with Crippen LogP contribution in [0.4, 0.5) is 4.39 Å². The Morgan fingerprint density at radius 3 is 2.71 bits per heavy atom. The smallest absolute Gasteiger partial charge is 0.143 e. The Morgan fingerprint density at radius 2 is 2.00 bits per heavy atom. The van der Waals surface area contributed by atoms with E-state index < -0.39 is 6.10 Å². The van der Waals surface area contributed by atoms with Gasteiger partial charge in [0.15, 0.2) is 0 Å². The van der Waals surface area contributed by atoms with Crippen LogP contribution >= 0.6 is 15.9 Å². The van der Waals surface area contributed by atoms with Crippen molar-refractivity contribution in [2.75, 3.05) is 0 Å². The van der Waals surface area contributed by atoms with Crippen LogP contribution in [-0.2, 0) is 0 Å². The molecule has 0 radical (unpaired) electrons. The summed E-state index contributed by atoms with van der Waals surface area (Å²) in [6.45, 7) is 0. The van der Waals surface area contributed by atoms with Gasteiger partial charge in [0.25, 0.3) is 0 Å². The van der Waals surface area contributed by atoms with Gasteiger partial charge >= 0.3 is 0 Å². The van der Waals surface area contributed by atoms with Gasteiger partial charge in [-0.1, -0.05) is 44.2 Å². The molecule has 1 aromatic carbocycles. The van der Waals surface area contributed by atoms with Crippen LogP contribution in [0.1, 0.15) is 50.2 Å². The highest BCUT2D eigenvalue weighted by Gasteiger charge is 2.21. The number of aliphatic hydroxyl groups is 1. The summed E-state index contributed by atoms with van der Waals surface area (Å²) >= 11 is 3.15. The molecule has 3 heteroatoms. The second-order valence-corrected chi connectivity index (χ2v) is 5.75. The van der Waals surface area contributed by atoms with Gasteiger partial charge in [-0.25, -0.2) is 4.39 Å². The van der Waals surface area contributed by atoms with Crippen LogP contribution < -0.4 is 0 Å². The number of benzene rings is 1. The van der Waals surface area contributed by atoms with E-state index in [4.69, 9.17) is 0 Å². The lowest BCUT2D eigenvalue weighted by atomic mass is 9.84. The van der Waals surface area contributed by atoms with Gasteiger partial charge in [-0.05, 0) is 34.3 Å². The predicted molar refractivity (Wildman–Crippen MR) is 70.3 cm³/mol. The topological polar surface area (TPSA) is 20.2 Å². The van der Waals surface area contributed by atoms with Crippen LogP contribution in [0.15, 0.2) is 22.7 Å². The molecule has 0 saturated heterocycles. The third-order valence-electron chi connectivity index (χ3n) is 3.62. The lowest BCUT2D eigenvalue weighted by molar-refractivity contribution is 0.127. The van der Waals surface area contributed by atoms with Gasteiger partial charge in [-0.15, -0.1) is 0 Å². The van der Waals surface area contributed by atoms with E-state index in [2.05, 4.69) is 15.9 Å². The summed E-state index contributed by atoms with van der Waals surface area (Å²) in [5.74, 6) is 0.230. The minimum Gasteiger partial charge on any atom is -0.388 e. The Hall–Kier alpha value is -0.410. The number of rotatable bonds is 3. The number of halogens is 2. The molecule has 1 nitrogen and oxygen atoms in total. The highest BCUT2D eigenvalue weighted by atomic mass is 79.9. The monoisotopic (exact) mass is 300 g/mol. The van der Waals surface area contributed by atoms with Crippen molar-refractivity contribution < 1.29 is 9.50 Å². The maximum atomic E-state index is 13.8. The summed E-state index contributed by atoms with van der Waals surface area (Å²) in [5.41, 5.74) is 0.421. The van der Waals surface area contributed by atoms with Crippen LogP contribution in [-0.4, -0.2) is 5.11 Å². The van der Waals surface area contributed by atoms with E-state index >= 15 is 0 Å². The molecule has 1 aromatic rings. The summed E-state index contributed by atoms with van der Waals surface area (Å²) in [5, 5.41) is 10.1. The molecule has 1 aliphatic rings. The van der Waals surface area contributed by atoms with Crippen molar-refractivity contribution in [1.82, 2.24) is 0 Å². The Morgan fingerprint density at radius 1 is 1.29 bits per heavy atom. The average molecular weight is 301 g/mol. The molecule has 1 N–H and O–H groups in total. The first-order valence-electron chi connectivity index (χ1n) is 6.30. The van der Waals surface area contributed by atoms with Crippen molar-refractivity contribution in [3.63, 3.8) is 0 Å². The minimum atomic E-state index is -0.671. The number of hydrogen-bond acceptors (Lipinski definition) is 1. The third-order valence-corrected chi connectivity index (χ3v) is 4.23. The molecule has 0 bridgehead atoms. The molecule has 1 fully saturated rings. The number of aliphatic hydroxyl groups excluding tert-OH is 1. The average Bonchev–Trinajstić information content (AvgIpc) is 2.34. The molecular formula is C14H18BrFO. The first-order chi connectivity index (χ1) is 8.18. The quantitative estimate of drug-likeness (QED) is 0.865. The SMILES string of the molecule is OC(CC1CCCCC1)c1cccc(Br)c1F. The Kier molecular flexibility index (Phi) is 4.57. The summed E-state index contributed by atoms with van der Waals surface area (Å²) in [7, 11) is 0. The Labute approximate surface area is 110 Å². The predicted octanol–water partition coefficient (Wildman–Crippen LogP) is 4.59. The van der Waals surface area contributed by atoms with Gasteiger partial charge in [0.05, 0.1) is 10.6 Å². The highest BCUT2D eigenvalue weighted by Crippen LogP contribution is 2.33. The Bertz CT molecular complexity index is 374. The Balaban J connectivity index is 2.03. The van der Waals surface area contributed by atoms with Crippen molar-refractivity contribution >= 4 is 15.9 Å². The number of hydrogen-bond donors (Lipinski definition) is 1. The molecule has 0 aromatic heterocycles. The zero-order valence-electron chi connectivity index (χ0n) is 9.83. The standard InChI is InChI=1S/C14H18BrFO/c15-12-8-4-7-11(14(12)16)13(17)9-10-5-2-1-3-6-10/h4,7-8,10,13,17H,1-3,5-6,9H2. The van der Waals surface area contributed by atoms with Crippen molar-refractivity contribution in [3.8, 4) is 0 Å². The fourth-order valence-electron chi connectivity index (χ4n) is 2.64. The van der Waals surface area contributed by atoms with Gasteiger partial charge in [-0.2, -0.15) is 0 Å². The fraction of sp³-hybridized carbons (Fsp3) is 0.571. The van der Waals surface area contributed by atoms with Gasteiger partial charge in [0, 0.05) is 5.56 Å². The molecule has 0 amide bonds. The first kappa shape index (κ1) is 13.0. The van der Waals surface area contributed by atoms with E-state index in [0.29, 0.717) is 22.4 Å². The summed E-state index contributed by atoms with van der Waals surface area (Å²) in [4.78, 5) is 0. The first-order valence-corrected chi connectivity index (χ1v) is 7.09. The molecule has 1 aliphatic carbocycles. The maximum Gasteiger partial charge on any atom is 0.143 e. The van der Waals surface area contributed by atoms with Gasteiger partial charge in [-0.3, -0.25) is 0 Å². The van der Waals surface area contributed by atoms with Crippen molar-refractivity contribution in [2.45, 2.75) is 44.6 Å². The highest BCUT2D eigenvalue weighted by molar-refractivity contribution is 9.10. The zero-order chi connectivity index (χ0) is 12.3. The van der Waals surface area contributed by atoms with E-state index in [-0.39, 0.29) is 5.82 Å². The molecule has 2 rings (SSSR count). The van der Waals surface area contributed by atoms with E-state index in [1.54, 1.807) is 18.2 Å². The van der Waals surface area contributed by atoms with Gasteiger partial charge in [0.1, 0.15) is 5.82 Å². The van der Waals surface area contributed by atoms with Gasteiger partial charge in [0.2, 0.25) is 0 Å². The molecule has 1 saturated carbocycles. The van der Waals surface area contributed by atoms with Gasteiger partial charge < -0.3 is 5.11 Å². The maximum absolute atomic E-state index is 13.8. The molecule has 17 heavy (non-hydrogen) atoms. The normalized spacial score (nSPS) is 19.2. The minimum absolute atomic E-state index is 0.323. The van der Waals surface area contributed by atoms with Crippen LogP contribution in [0.3, 0.4) is 0 Å². The lowest BCUT2D eigenvalue weighted by Gasteiger charge is -2.24. The van der Waals surface area contributed by atoms with E-state index in [1.165, 1.54) is 32.1 Å². The molecule has 0 heterocycles. The molecule has 0 aliphatic heterocycles. The van der Waals surface area contributed by atoms with Crippen LogP contribution in [0.2, 0.25) is 0 Å².